The average molecular weight is 569 g/mol. The normalized spacial score (nSPS) is 12.4. The van der Waals surface area contributed by atoms with Crippen molar-refractivity contribution in [1.82, 2.24) is 21.3 Å². The topological polar surface area (TPSA) is 101 Å². The summed E-state index contributed by atoms with van der Waals surface area (Å²) in [6.07, 6.45) is 9.44. The van der Waals surface area contributed by atoms with E-state index in [4.69, 9.17) is 9.47 Å². The van der Waals surface area contributed by atoms with E-state index in [9.17, 15) is 9.59 Å². The van der Waals surface area contributed by atoms with Gasteiger partial charge in [0.1, 0.15) is 23.6 Å². The number of carbonyl (C=O) groups is 2. The summed E-state index contributed by atoms with van der Waals surface area (Å²) in [5.41, 5.74) is 2.22. The molecule has 0 bridgehead atoms. The van der Waals surface area contributed by atoms with Crippen LogP contribution in [0.2, 0.25) is 0 Å². The summed E-state index contributed by atoms with van der Waals surface area (Å²) in [6, 6.07) is 14.7. The first-order valence-corrected chi connectivity index (χ1v) is 15.4. The van der Waals surface area contributed by atoms with E-state index in [0.29, 0.717) is 32.5 Å². The second kappa shape index (κ2) is 20.7. The molecule has 0 aliphatic heterocycles. The van der Waals surface area contributed by atoms with E-state index in [1.807, 2.05) is 42.5 Å². The van der Waals surface area contributed by atoms with Crippen molar-refractivity contribution in [1.29, 1.82) is 0 Å². The molecule has 0 aromatic heterocycles. The van der Waals surface area contributed by atoms with Gasteiger partial charge in [0, 0.05) is 14.1 Å². The molecule has 0 aliphatic rings. The first-order chi connectivity index (χ1) is 20.0. The van der Waals surface area contributed by atoms with E-state index in [1.165, 1.54) is 19.3 Å². The zero-order valence-electron chi connectivity index (χ0n) is 25.6. The highest BCUT2D eigenvalue weighted by molar-refractivity contribution is 5.92. The van der Waals surface area contributed by atoms with E-state index in [-0.39, 0.29) is 11.8 Å². The number of carbonyl (C=O) groups excluding carboxylic acids is 2. The number of benzene rings is 2. The minimum absolute atomic E-state index is 0.238. The first kappa shape index (κ1) is 34.1. The number of unbranched alkanes of at least 4 members (excludes halogenated alkanes) is 5. The lowest BCUT2D eigenvalue weighted by atomic mass is 10.0. The van der Waals surface area contributed by atoms with Crippen molar-refractivity contribution in [3.05, 3.63) is 59.7 Å². The Morgan fingerprint density at radius 1 is 0.659 bits per heavy atom. The van der Waals surface area contributed by atoms with Gasteiger partial charge in [-0.3, -0.25) is 9.59 Å². The zero-order valence-corrected chi connectivity index (χ0v) is 25.6. The maximum absolute atomic E-state index is 12.9. The Labute approximate surface area is 247 Å². The smallest absolute Gasteiger partial charge is 0.239 e. The van der Waals surface area contributed by atoms with Crippen molar-refractivity contribution in [3.8, 4) is 11.5 Å². The standard InChI is InChI=1S/C33H52N4O4/c1-5-7-9-11-23-41-29-17-13-15-27(25-29)19-21-37-31(33(39)35-4)30(32(38)34-3)36-20-18-26-14-12-16-28(24-26)40-22-10-8-6-2/h12-17,24-25,30-31,36-37H,5-11,18-23H2,1-4H3,(H,34,38)(H,35,39). The summed E-state index contributed by atoms with van der Waals surface area (Å²) in [4.78, 5) is 25.7. The van der Waals surface area contributed by atoms with E-state index in [2.05, 4.69) is 41.2 Å². The molecule has 0 saturated heterocycles. The van der Waals surface area contributed by atoms with Crippen molar-refractivity contribution >= 4 is 11.8 Å². The molecule has 8 heteroatoms. The van der Waals surface area contributed by atoms with Gasteiger partial charge in [-0.15, -0.1) is 0 Å². The van der Waals surface area contributed by atoms with Crippen LogP contribution in [0.3, 0.4) is 0 Å². The summed E-state index contributed by atoms with van der Waals surface area (Å²) >= 11 is 0. The van der Waals surface area contributed by atoms with Gasteiger partial charge in [-0.05, 0) is 74.2 Å². The highest BCUT2D eigenvalue weighted by atomic mass is 16.5. The van der Waals surface area contributed by atoms with Gasteiger partial charge in [-0.2, -0.15) is 0 Å². The molecular weight excluding hydrogens is 516 g/mol. The number of ether oxygens (including phenoxy) is 2. The number of hydrogen-bond donors (Lipinski definition) is 4. The van der Waals surface area contributed by atoms with Gasteiger partial charge in [-0.25, -0.2) is 0 Å². The monoisotopic (exact) mass is 568 g/mol. The second-order valence-corrected chi connectivity index (χ2v) is 10.4. The molecular formula is C33H52N4O4. The summed E-state index contributed by atoms with van der Waals surface area (Å²) in [5, 5.41) is 12.0. The Hall–Kier alpha value is -3.10. The van der Waals surface area contributed by atoms with E-state index in [0.717, 1.165) is 54.9 Å². The summed E-state index contributed by atoms with van der Waals surface area (Å²) in [7, 11) is 3.18. The molecule has 0 radical (unpaired) electrons. The highest BCUT2D eigenvalue weighted by Crippen LogP contribution is 2.16. The molecule has 2 atom stereocenters. The molecule has 2 aromatic rings. The van der Waals surface area contributed by atoms with Gasteiger partial charge in [0.15, 0.2) is 0 Å². The Morgan fingerprint density at radius 2 is 1.10 bits per heavy atom. The molecule has 4 N–H and O–H groups in total. The van der Waals surface area contributed by atoms with Crippen molar-refractivity contribution in [3.63, 3.8) is 0 Å². The van der Waals surface area contributed by atoms with Crippen LogP contribution >= 0.6 is 0 Å². The van der Waals surface area contributed by atoms with Gasteiger partial charge in [0.05, 0.1) is 13.2 Å². The zero-order chi connectivity index (χ0) is 29.7. The lowest BCUT2D eigenvalue weighted by Gasteiger charge is -2.27. The Kier molecular flexibility index (Phi) is 17.2. The minimum Gasteiger partial charge on any atom is -0.494 e. The van der Waals surface area contributed by atoms with Crippen LogP contribution in [0.25, 0.3) is 0 Å². The quantitative estimate of drug-likeness (QED) is 0.157. The third-order valence-corrected chi connectivity index (χ3v) is 7.03. The minimum atomic E-state index is -0.730. The SMILES string of the molecule is CCCCCCOc1cccc(CCNC(C(=O)NC)C(NCCc2cccc(OCCCCC)c2)C(=O)NC)c1. The van der Waals surface area contributed by atoms with Crippen molar-refractivity contribution in [2.75, 3.05) is 40.4 Å². The Bertz CT molecular complexity index is 1020. The van der Waals surface area contributed by atoms with Gasteiger partial charge in [0.25, 0.3) is 0 Å². The van der Waals surface area contributed by atoms with Gasteiger partial charge >= 0.3 is 0 Å². The number of hydrogen-bond acceptors (Lipinski definition) is 6. The highest BCUT2D eigenvalue weighted by Gasteiger charge is 2.32. The molecule has 2 amide bonds. The van der Waals surface area contributed by atoms with Crippen molar-refractivity contribution in [2.24, 2.45) is 0 Å². The molecule has 0 saturated carbocycles. The summed E-state index contributed by atoms with van der Waals surface area (Å²) in [5.74, 6) is 1.25. The maximum Gasteiger partial charge on any atom is 0.239 e. The fourth-order valence-corrected chi connectivity index (χ4v) is 4.62. The predicted octanol–water partition coefficient (Wildman–Crippen LogP) is 4.41. The molecule has 0 heterocycles. The number of amides is 2. The van der Waals surface area contributed by atoms with Crippen LogP contribution in [0.15, 0.2) is 48.5 Å². The van der Waals surface area contributed by atoms with E-state index in [1.54, 1.807) is 14.1 Å². The molecule has 0 aliphatic carbocycles. The largest absolute Gasteiger partial charge is 0.494 e. The molecule has 0 fully saturated rings. The third kappa shape index (κ3) is 13.4. The summed E-state index contributed by atoms with van der Waals surface area (Å²) < 4.78 is 11.8. The number of nitrogens with one attached hydrogen (secondary N) is 4. The van der Waals surface area contributed by atoms with Crippen molar-refractivity contribution in [2.45, 2.75) is 83.7 Å². The third-order valence-electron chi connectivity index (χ3n) is 7.03. The van der Waals surface area contributed by atoms with Crippen LogP contribution in [0.1, 0.15) is 69.9 Å². The average Bonchev–Trinajstić information content (AvgIpc) is 3.00. The fourth-order valence-electron chi connectivity index (χ4n) is 4.62. The lowest BCUT2D eigenvalue weighted by molar-refractivity contribution is -0.130. The van der Waals surface area contributed by atoms with Gasteiger partial charge in [-0.1, -0.05) is 70.2 Å². The Balaban J connectivity index is 1.93. The molecule has 228 valence electrons. The van der Waals surface area contributed by atoms with Crippen LogP contribution in [-0.4, -0.2) is 64.3 Å². The van der Waals surface area contributed by atoms with Crippen LogP contribution in [0.5, 0.6) is 11.5 Å². The maximum atomic E-state index is 12.9. The van der Waals surface area contributed by atoms with Crippen LogP contribution < -0.4 is 30.7 Å². The Morgan fingerprint density at radius 3 is 1.54 bits per heavy atom. The van der Waals surface area contributed by atoms with Crippen LogP contribution in [0.4, 0.5) is 0 Å². The molecule has 2 rings (SSSR count). The van der Waals surface area contributed by atoms with E-state index < -0.39 is 12.1 Å². The van der Waals surface area contributed by atoms with Gasteiger partial charge in [0.2, 0.25) is 11.8 Å². The number of likely N-dealkylation sites (N-methyl/N-ethyl adjacent to an activating group) is 2. The fraction of sp³-hybridized carbons (Fsp3) is 0.576. The lowest BCUT2D eigenvalue weighted by Crippen LogP contribution is -2.61. The van der Waals surface area contributed by atoms with E-state index >= 15 is 0 Å². The molecule has 2 unspecified atom stereocenters. The van der Waals surface area contributed by atoms with Crippen molar-refractivity contribution < 1.29 is 19.1 Å². The number of rotatable bonds is 22. The second-order valence-electron chi connectivity index (χ2n) is 10.4. The molecule has 41 heavy (non-hydrogen) atoms. The van der Waals surface area contributed by atoms with Crippen LogP contribution in [0, 0.1) is 0 Å². The molecule has 2 aromatic carbocycles. The molecule has 8 nitrogen and oxygen atoms in total. The molecule has 0 spiro atoms. The predicted molar refractivity (Wildman–Crippen MR) is 167 cm³/mol. The summed E-state index contributed by atoms with van der Waals surface area (Å²) in [6.45, 7) is 6.87. The van der Waals surface area contributed by atoms with Gasteiger partial charge < -0.3 is 30.7 Å². The first-order valence-electron chi connectivity index (χ1n) is 15.4. The van der Waals surface area contributed by atoms with Crippen LogP contribution in [-0.2, 0) is 22.4 Å².